The van der Waals surface area contributed by atoms with Gasteiger partial charge in [-0.15, -0.1) is 0 Å². The number of rotatable bonds is 15. The SMILES string of the molecule is O=C(O)CCC12CC3(CCC(=O)O)CC(CCC(=O)O)(C1)CC(NC(=O)CCC(=O)OCc1ccccc1)(C2)C3. The van der Waals surface area contributed by atoms with Gasteiger partial charge in [-0.3, -0.25) is 24.0 Å². The zero-order chi connectivity index (χ0) is 29.0. The Kier molecular flexibility index (Phi) is 8.56. The Balaban J connectivity index is 1.51. The Morgan fingerprint density at radius 2 is 1.10 bits per heavy atom. The molecular weight excluding hydrogens is 518 g/mol. The predicted molar refractivity (Wildman–Crippen MR) is 142 cm³/mol. The fourth-order valence-corrected chi connectivity index (χ4v) is 8.72. The van der Waals surface area contributed by atoms with Crippen molar-refractivity contribution in [2.75, 3.05) is 0 Å². The Labute approximate surface area is 233 Å². The molecule has 4 saturated carbocycles. The number of amides is 1. The fraction of sp³-hybridized carbons (Fsp3) is 0.633. The van der Waals surface area contributed by atoms with E-state index in [9.17, 15) is 39.3 Å². The first-order valence-corrected chi connectivity index (χ1v) is 14.0. The number of hydrogen-bond donors (Lipinski definition) is 4. The molecule has 4 fully saturated rings. The minimum Gasteiger partial charge on any atom is -0.481 e. The molecule has 0 aliphatic heterocycles. The smallest absolute Gasteiger partial charge is 0.306 e. The average molecular weight is 558 g/mol. The lowest BCUT2D eigenvalue weighted by molar-refractivity contribution is -0.192. The summed E-state index contributed by atoms with van der Waals surface area (Å²) < 4.78 is 5.30. The predicted octanol–water partition coefficient (Wildman–Crippen LogP) is 4.30. The zero-order valence-electron chi connectivity index (χ0n) is 22.8. The lowest BCUT2D eigenvalue weighted by Crippen LogP contribution is -2.69. The molecule has 1 aromatic carbocycles. The van der Waals surface area contributed by atoms with E-state index in [-0.39, 0.29) is 44.6 Å². The molecule has 0 heterocycles. The highest BCUT2D eigenvalue weighted by Crippen LogP contribution is 2.74. The maximum Gasteiger partial charge on any atom is 0.306 e. The van der Waals surface area contributed by atoms with E-state index in [4.69, 9.17) is 4.74 Å². The van der Waals surface area contributed by atoms with Gasteiger partial charge in [0.2, 0.25) is 5.91 Å². The third-order valence-electron chi connectivity index (χ3n) is 9.20. The third-order valence-corrected chi connectivity index (χ3v) is 9.20. The minimum atomic E-state index is -0.915. The van der Waals surface area contributed by atoms with Gasteiger partial charge in [-0.2, -0.15) is 0 Å². The molecule has 0 saturated heterocycles. The fourth-order valence-electron chi connectivity index (χ4n) is 8.72. The molecule has 10 nitrogen and oxygen atoms in total. The van der Waals surface area contributed by atoms with E-state index in [2.05, 4.69) is 5.32 Å². The van der Waals surface area contributed by atoms with Crippen LogP contribution in [-0.2, 0) is 35.3 Å². The second-order valence-corrected chi connectivity index (χ2v) is 12.7. The summed E-state index contributed by atoms with van der Waals surface area (Å²) >= 11 is 0. The van der Waals surface area contributed by atoms with Gasteiger partial charge in [0.1, 0.15) is 6.61 Å². The van der Waals surface area contributed by atoms with Crippen LogP contribution in [0.4, 0.5) is 0 Å². The van der Waals surface area contributed by atoms with Gasteiger partial charge in [-0.05, 0) is 79.6 Å². The van der Waals surface area contributed by atoms with Crippen LogP contribution in [0, 0.1) is 16.2 Å². The van der Waals surface area contributed by atoms with E-state index in [0.29, 0.717) is 57.8 Å². The molecule has 4 bridgehead atoms. The van der Waals surface area contributed by atoms with E-state index < -0.39 is 45.7 Å². The molecule has 1 amide bonds. The van der Waals surface area contributed by atoms with Gasteiger partial charge in [-0.25, -0.2) is 0 Å². The van der Waals surface area contributed by atoms with Crippen molar-refractivity contribution in [3.8, 4) is 0 Å². The van der Waals surface area contributed by atoms with Crippen molar-refractivity contribution in [1.29, 1.82) is 0 Å². The van der Waals surface area contributed by atoms with Crippen LogP contribution in [0.5, 0.6) is 0 Å². The lowest BCUT2D eigenvalue weighted by atomic mass is 9.35. The van der Waals surface area contributed by atoms with Crippen LogP contribution in [-0.4, -0.2) is 50.6 Å². The van der Waals surface area contributed by atoms with Gasteiger partial charge in [0.15, 0.2) is 0 Å². The number of nitrogens with one attached hydrogen (secondary N) is 1. The van der Waals surface area contributed by atoms with Gasteiger partial charge in [-0.1, -0.05) is 30.3 Å². The number of ether oxygens (including phenoxy) is 1. The molecule has 1 aromatic rings. The average Bonchev–Trinajstić information content (AvgIpc) is 2.87. The molecule has 40 heavy (non-hydrogen) atoms. The van der Waals surface area contributed by atoms with Crippen LogP contribution < -0.4 is 5.32 Å². The number of aliphatic carboxylic acids is 3. The molecule has 0 unspecified atom stereocenters. The van der Waals surface area contributed by atoms with Crippen LogP contribution in [0.15, 0.2) is 30.3 Å². The third kappa shape index (κ3) is 7.20. The summed E-state index contributed by atoms with van der Waals surface area (Å²) in [5.74, 6) is -3.54. The molecule has 0 aromatic heterocycles. The van der Waals surface area contributed by atoms with E-state index in [0.717, 1.165) is 5.56 Å². The normalized spacial score (nSPS) is 30.0. The molecule has 0 radical (unpaired) electrons. The van der Waals surface area contributed by atoms with Gasteiger partial charge < -0.3 is 25.4 Å². The molecule has 10 heteroatoms. The number of carbonyl (C=O) groups excluding carboxylic acids is 2. The Bertz CT molecular complexity index is 1060. The number of carboxylic acid groups (broad SMARTS) is 3. The molecule has 4 aliphatic carbocycles. The summed E-state index contributed by atoms with van der Waals surface area (Å²) in [6.45, 7) is 0.121. The summed E-state index contributed by atoms with van der Waals surface area (Å²) in [6.07, 6.45) is 4.67. The number of benzene rings is 1. The van der Waals surface area contributed by atoms with Crippen molar-refractivity contribution in [3.63, 3.8) is 0 Å². The molecule has 0 atom stereocenters. The summed E-state index contributed by atoms with van der Waals surface area (Å²) in [5.41, 5.74) is -1.13. The van der Waals surface area contributed by atoms with Gasteiger partial charge in [0, 0.05) is 31.2 Å². The maximum absolute atomic E-state index is 13.2. The molecule has 218 valence electrons. The number of carboxylic acids is 3. The van der Waals surface area contributed by atoms with Crippen LogP contribution >= 0.6 is 0 Å². The first-order chi connectivity index (χ1) is 18.9. The molecule has 4 N–H and O–H groups in total. The van der Waals surface area contributed by atoms with Crippen molar-refractivity contribution in [3.05, 3.63) is 35.9 Å². The Morgan fingerprint density at radius 3 is 1.52 bits per heavy atom. The van der Waals surface area contributed by atoms with Crippen LogP contribution in [0.1, 0.15) is 95.5 Å². The second-order valence-electron chi connectivity index (χ2n) is 12.7. The Hall–Kier alpha value is -3.43. The number of esters is 1. The second kappa shape index (κ2) is 11.6. The van der Waals surface area contributed by atoms with Gasteiger partial charge in [0.05, 0.1) is 6.42 Å². The highest BCUT2D eigenvalue weighted by atomic mass is 16.5. The number of hydrogen-bond acceptors (Lipinski definition) is 6. The summed E-state index contributed by atoms with van der Waals surface area (Å²) in [5, 5.41) is 31.6. The molecular formula is C30H39NO9. The van der Waals surface area contributed by atoms with Crippen LogP contribution in [0.25, 0.3) is 0 Å². The molecule has 5 rings (SSSR count). The van der Waals surface area contributed by atoms with E-state index in [1.54, 1.807) is 0 Å². The lowest BCUT2D eigenvalue weighted by Gasteiger charge is -2.71. The summed E-state index contributed by atoms with van der Waals surface area (Å²) in [7, 11) is 0. The van der Waals surface area contributed by atoms with Crippen LogP contribution in [0.2, 0.25) is 0 Å². The first-order valence-electron chi connectivity index (χ1n) is 14.0. The van der Waals surface area contributed by atoms with Gasteiger partial charge in [0.25, 0.3) is 0 Å². The van der Waals surface area contributed by atoms with Crippen molar-refractivity contribution in [2.24, 2.45) is 16.2 Å². The largest absolute Gasteiger partial charge is 0.481 e. The zero-order valence-corrected chi connectivity index (χ0v) is 22.8. The van der Waals surface area contributed by atoms with Crippen molar-refractivity contribution in [1.82, 2.24) is 5.32 Å². The van der Waals surface area contributed by atoms with Crippen molar-refractivity contribution >= 4 is 29.8 Å². The topological polar surface area (TPSA) is 167 Å². The van der Waals surface area contributed by atoms with Crippen molar-refractivity contribution < 1.29 is 44.0 Å². The Morgan fingerprint density at radius 1 is 0.650 bits per heavy atom. The highest BCUT2D eigenvalue weighted by molar-refractivity contribution is 5.82. The van der Waals surface area contributed by atoms with E-state index >= 15 is 0 Å². The standard InChI is InChI=1S/C30H39NO9/c32-22(6-7-26(39)40-14-21-4-2-1-3-5-21)31-30-18-27(11-8-23(33)34)15-28(19-30,12-9-24(35)36)17-29(16-27,20-30)13-10-25(37)38/h1-5H,6-20H2,(H,31,32)(H,33,34)(H,35,36)(H,37,38). The molecule has 4 aliphatic rings. The summed E-state index contributed by atoms with van der Waals surface area (Å²) in [4.78, 5) is 60.2. The quantitative estimate of drug-likeness (QED) is 0.230. The highest BCUT2D eigenvalue weighted by Gasteiger charge is 2.67. The number of carbonyl (C=O) groups is 5. The van der Waals surface area contributed by atoms with Gasteiger partial charge >= 0.3 is 23.9 Å². The molecule has 0 spiro atoms. The minimum absolute atomic E-state index is 0.0404. The van der Waals surface area contributed by atoms with E-state index in [1.165, 1.54) is 0 Å². The van der Waals surface area contributed by atoms with E-state index in [1.807, 2.05) is 30.3 Å². The first kappa shape index (κ1) is 29.6. The van der Waals surface area contributed by atoms with Crippen molar-refractivity contribution in [2.45, 2.75) is 102 Å². The monoisotopic (exact) mass is 557 g/mol. The van der Waals surface area contributed by atoms with Crippen LogP contribution in [0.3, 0.4) is 0 Å². The summed E-state index contributed by atoms with van der Waals surface area (Å²) in [6, 6.07) is 9.24. The maximum atomic E-state index is 13.2.